The summed E-state index contributed by atoms with van der Waals surface area (Å²) in [7, 11) is -2.18. The van der Waals surface area contributed by atoms with Gasteiger partial charge in [-0.1, -0.05) is 12.1 Å². The maximum Gasteiger partial charge on any atom is 0.243 e. The average Bonchev–Trinajstić information content (AvgIpc) is 2.42. The van der Waals surface area contributed by atoms with E-state index >= 15 is 0 Å². The minimum atomic E-state index is -3.78. The van der Waals surface area contributed by atoms with Crippen LogP contribution >= 0.6 is 0 Å². The van der Waals surface area contributed by atoms with Crippen LogP contribution < -0.4 is 4.72 Å². The summed E-state index contributed by atoms with van der Waals surface area (Å²) in [5.41, 5.74) is 0. The van der Waals surface area contributed by atoms with Crippen molar-refractivity contribution in [1.82, 2.24) is 4.72 Å². The number of halogens is 1. The first-order chi connectivity index (χ1) is 9.58. The molecule has 0 aliphatic rings. The van der Waals surface area contributed by atoms with Crippen molar-refractivity contribution in [3.05, 3.63) is 30.1 Å². The van der Waals surface area contributed by atoms with Gasteiger partial charge in [0.2, 0.25) is 10.0 Å². The first-order valence-electron chi connectivity index (χ1n) is 6.39. The van der Waals surface area contributed by atoms with Crippen molar-refractivity contribution >= 4 is 10.0 Å². The summed E-state index contributed by atoms with van der Waals surface area (Å²) < 4.78 is 49.5. The van der Waals surface area contributed by atoms with Crippen molar-refractivity contribution < 1.29 is 22.3 Å². The Morgan fingerprint density at radius 2 is 1.90 bits per heavy atom. The minimum absolute atomic E-state index is 0.254. The topological polar surface area (TPSA) is 64.6 Å². The molecule has 0 aromatic heterocycles. The maximum atomic E-state index is 13.4. The van der Waals surface area contributed by atoms with Crippen LogP contribution in [0.5, 0.6) is 0 Å². The number of rotatable bonds is 10. The van der Waals surface area contributed by atoms with Crippen LogP contribution in [0, 0.1) is 5.82 Å². The number of unbranched alkanes of at least 4 members (excludes halogenated alkanes) is 1. The van der Waals surface area contributed by atoms with Gasteiger partial charge in [0, 0.05) is 20.3 Å². The molecule has 0 aliphatic heterocycles. The van der Waals surface area contributed by atoms with E-state index in [0.29, 0.717) is 26.2 Å². The van der Waals surface area contributed by atoms with Gasteiger partial charge in [-0.3, -0.25) is 0 Å². The Kier molecular flexibility index (Phi) is 7.68. The number of sulfonamides is 1. The molecule has 0 aliphatic carbocycles. The predicted octanol–water partition coefficient (Wildman–Crippen LogP) is 1.55. The van der Waals surface area contributed by atoms with Gasteiger partial charge in [-0.15, -0.1) is 0 Å². The lowest BCUT2D eigenvalue weighted by molar-refractivity contribution is 0.0689. The summed E-state index contributed by atoms with van der Waals surface area (Å²) in [6.45, 7) is 1.87. The van der Waals surface area contributed by atoms with Crippen LogP contribution in [-0.4, -0.2) is 41.9 Å². The molecule has 0 unspecified atom stereocenters. The van der Waals surface area contributed by atoms with Crippen molar-refractivity contribution in [1.29, 1.82) is 0 Å². The molecule has 0 bridgehead atoms. The largest absolute Gasteiger partial charge is 0.382 e. The molecule has 0 saturated heterocycles. The highest BCUT2D eigenvalue weighted by Crippen LogP contribution is 2.12. The lowest BCUT2D eigenvalue weighted by atomic mass is 10.3. The van der Waals surface area contributed by atoms with Crippen molar-refractivity contribution in [2.75, 3.05) is 33.5 Å². The summed E-state index contributed by atoms with van der Waals surface area (Å²) in [6.07, 6.45) is 1.35. The van der Waals surface area contributed by atoms with Crippen LogP contribution in [0.25, 0.3) is 0 Å². The Balaban J connectivity index is 2.26. The van der Waals surface area contributed by atoms with Crippen LogP contribution in [0.4, 0.5) is 4.39 Å². The van der Waals surface area contributed by atoms with E-state index < -0.39 is 15.8 Å². The molecular weight excluding hydrogens is 285 g/mol. The average molecular weight is 305 g/mol. The molecule has 5 nitrogen and oxygen atoms in total. The third-order valence-corrected chi connectivity index (χ3v) is 4.06. The van der Waals surface area contributed by atoms with Gasteiger partial charge in [-0.2, -0.15) is 0 Å². The molecule has 0 radical (unpaired) electrons. The summed E-state index contributed by atoms with van der Waals surface area (Å²) in [6, 6.07) is 5.30. The van der Waals surface area contributed by atoms with Crippen molar-refractivity contribution in [3.8, 4) is 0 Å². The molecule has 0 heterocycles. The van der Waals surface area contributed by atoms with Crippen LogP contribution in [0.3, 0.4) is 0 Å². The van der Waals surface area contributed by atoms with Gasteiger partial charge in [-0.05, 0) is 25.0 Å². The number of nitrogens with one attached hydrogen (secondary N) is 1. The van der Waals surface area contributed by atoms with Crippen LogP contribution in [0.15, 0.2) is 29.2 Å². The summed E-state index contributed by atoms with van der Waals surface area (Å²) in [4.78, 5) is -0.323. The molecule has 20 heavy (non-hydrogen) atoms. The van der Waals surface area contributed by atoms with E-state index in [2.05, 4.69) is 4.72 Å². The smallest absolute Gasteiger partial charge is 0.243 e. The second kappa shape index (κ2) is 9.02. The van der Waals surface area contributed by atoms with Crippen LogP contribution in [-0.2, 0) is 19.5 Å². The molecule has 1 aromatic rings. The molecule has 0 amide bonds. The van der Waals surface area contributed by atoms with Gasteiger partial charge in [-0.25, -0.2) is 17.5 Å². The van der Waals surface area contributed by atoms with E-state index in [1.54, 1.807) is 7.11 Å². The zero-order valence-corrected chi connectivity index (χ0v) is 12.3. The molecule has 7 heteroatoms. The molecule has 1 aromatic carbocycles. The summed E-state index contributed by atoms with van der Waals surface area (Å²) in [5, 5.41) is 0. The highest BCUT2D eigenvalue weighted by atomic mass is 32.2. The first kappa shape index (κ1) is 17.0. The van der Waals surface area contributed by atoms with Gasteiger partial charge in [0.25, 0.3) is 0 Å². The molecule has 114 valence electrons. The Hall–Kier alpha value is -1.02. The highest BCUT2D eigenvalue weighted by molar-refractivity contribution is 7.89. The number of benzene rings is 1. The fourth-order valence-corrected chi connectivity index (χ4v) is 2.67. The van der Waals surface area contributed by atoms with Crippen molar-refractivity contribution in [2.45, 2.75) is 17.7 Å². The molecule has 1 rings (SSSR count). The standard InChI is InChI=1S/C13H20FNO4S/c1-18-10-11-19-9-5-4-8-15-20(16,17)13-7-3-2-6-12(13)14/h2-3,6-7,15H,4-5,8-11H2,1H3. The number of methoxy groups -OCH3 is 1. The second-order valence-electron chi connectivity index (χ2n) is 4.14. The van der Waals surface area contributed by atoms with Crippen molar-refractivity contribution in [3.63, 3.8) is 0 Å². The molecule has 0 fully saturated rings. The third-order valence-electron chi connectivity index (χ3n) is 2.57. The summed E-state index contributed by atoms with van der Waals surface area (Å²) in [5.74, 6) is -0.747. The Morgan fingerprint density at radius 3 is 2.60 bits per heavy atom. The maximum absolute atomic E-state index is 13.4. The Morgan fingerprint density at radius 1 is 1.15 bits per heavy atom. The van der Waals surface area contributed by atoms with E-state index in [1.165, 1.54) is 18.2 Å². The van der Waals surface area contributed by atoms with E-state index in [0.717, 1.165) is 12.5 Å². The minimum Gasteiger partial charge on any atom is -0.382 e. The number of hydrogen-bond acceptors (Lipinski definition) is 4. The molecule has 0 atom stereocenters. The second-order valence-corrected chi connectivity index (χ2v) is 5.88. The van der Waals surface area contributed by atoms with Gasteiger partial charge >= 0.3 is 0 Å². The fourth-order valence-electron chi connectivity index (χ4n) is 1.52. The lowest BCUT2D eigenvalue weighted by Crippen LogP contribution is -2.25. The molecule has 0 saturated carbocycles. The third kappa shape index (κ3) is 5.96. The fraction of sp³-hybridized carbons (Fsp3) is 0.538. The summed E-state index contributed by atoms with van der Waals surface area (Å²) >= 11 is 0. The monoisotopic (exact) mass is 305 g/mol. The van der Waals surface area contributed by atoms with E-state index in [1.807, 2.05) is 0 Å². The van der Waals surface area contributed by atoms with E-state index in [-0.39, 0.29) is 11.4 Å². The first-order valence-corrected chi connectivity index (χ1v) is 7.87. The Labute approximate surface area is 119 Å². The normalized spacial score (nSPS) is 11.7. The SMILES string of the molecule is COCCOCCCCNS(=O)(=O)c1ccccc1F. The lowest BCUT2D eigenvalue weighted by Gasteiger charge is -2.07. The van der Waals surface area contributed by atoms with Gasteiger partial charge in [0.1, 0.15) is 10.7 Å². The van der Waals surface area contributed by atoms with Gasteiger partial charge in [0.05, 0.1) is 13.2 Å². The van der Waals surface area contributed by atoms with Gasteiger partial charge < -0.3 is 9.47 Å². The predicted molar refractivity (Wildman–Crippen MR) is 73.5 cm³/mol. The molecular formula is C13H20FNO4S. The zero-order valence-electron chi connectivity index (χ0n) is 11.5. The quantitative estimate of drug-likeness (QED) is 0.666. The van der Waals surface area contributed by atoms with E-state index in [4.69, 9.17) is 9.47 Å². The van der Waals surface area contributed by atoms with Crippen molar-refractivity contribution in [2.24, 2.45) is 0 Å². The number of hydrogen-bond donors (Lipinski definition) is 1. The molecule has 1 N–H and O–H groups in total. The number of ether oxygens (including phenoxy) is 2. The van der Waals surface area contributed by atoms with Crippen LogP contribution in [0.1, 0.15) is 12.8 Å². The molecule has 0 spiro atoms. The Bertz CT molecular complexity index is 493. The highest BCUT2D eigenvalue weighted by Gasteiger charge is 2.17. The van der Waals surface area contributed by atoms with Gasteiger partial charge in [0.15, 0.2) is 0 Å². The van der Waals surface area contributed by atoms with Crippen LogP contribution in [0.2, 0.25) is 0 Å². The van der Waals surface area contributed by atoms with E-state index in [9.17, 15) is 12.8 Å². The zero-order chi connectivity index (χ0) is 14.8.